The van der Waals surface area contributed by atoms with Crippen LogP contribution in [0.4, 0.5) is 0 Å². The summed E-state index contributed by atoms with van der Waals surface area (Å²) in [5.74, 6) is 0.697. The van der Waals surface area contributed by atoms with E-state index in [4.69, 9.17) is 0 Å². The van der Waals surface area contributed by atoms with Crippen molar-refractivity contribution in [2.45, 2.75) is 92.7 Å². The third-order valence-corrected chi connectivity index (χ3v) is 8.39. The fourth-order valence-corrected chi connectivity index (χ4v) is 5.87. The van der Waals surface area contributed by atoms with E-state index in [-0.39, 0.29) is 29.6 Å². The number of carbonyl (C=O) groups excluding carboxylic acids is 4. The number of aromatic nitrogens is 2. The highest BCUT2D eigenvalue weighted by atomic mass is 32.1. The van der Waals surface area contributed by atoms with Gasteiger partial charge in [0, 0.05) is 41.4 Å². The Balaban J connectivity index is 0.000000400. The second kappa shape index (κ2) is 19.2. The molecule has 2 radical (unpaired) electrons. The maximum absolute atomic E-state index is 12.3. The van der Waals surface area contributed by atoms with E-state index in [9.17, 15) is 19.2 Å². The Labute approximate surface area is 249 Å². The fourth-order valence-electron chi connectivity index (χ4n) is 4.32. The van der Waals surface area contributed by atoms with Gasteiger partial charge < -0.3 is 19.2 Å². The molecule has 2 aromatic rings. The summed E-state index contributed by atoms with van der Waals surface area (Å²) >= 11 is 2.81. The van der Waals surface area contributed by atoms with Gasteiger partial charge in [0.05, 0.1) is 18.1 Å². The molecule has 0 N–H and O–H groups in total. The van der Waals surface area contributed by atoms with E-state index in [1.165, 1.54) is 30.1 Å². The number of aryl methyl sites for hydroxylation is 2. The molecule has 0 bridgehead atoms. The number of carbonyl (C=O) groups is 4. The first-order valence-electron chi connectivity index (χ1n) is 14.0. The summed E-state index contributed by atoms with van der Waals surface area (Å²) in [7, 11) is 4.85. The van der Waals surface area contributed by atoms with Crippen molar-refractivity contribution in [2.75, 3.05) is 13.6 Å². The second-order valence-electron chi connectivity index (χ2n) is 10.5. The van der Waals surface area contributed by atoms with Gasteiger partial charge in [0.2, 0.25) is 0 Å². The molecule has 2 heterocycles. The van der Waals surface area contributed by atoms with Gasteiger partial charge in [0.1, 0.15) is 0 Å². The van der Waals surface area contributed by atoms with E-state index in [0.717, 1.165) is 49.6 Å². The molecule has 0 aromatic carbocycles. The standard InChI is InChI=1S/2C14H22BN2O2S/c1-5-6-11-8-20-14(16-11)13(19)7-12(10(2)3)17(4)15-9-18;1-5-6-17(15-9-18)12(10(2)3)7-13(19)14-16-11(4)8-20-14/h2*8-10,12H,5-7H2,1-4H3/t2*12-/m11/s1. The number of rotatable bonds is 18. The SMILES string of the molecule is CCCN([B]C=O)[C@H](CC(=O)c1nc(C)cs1)C(C)C.CCCc1csc(C(=O)C[C@H](C(C)C)N(C)[B]C=O)n1. The Morgan fingerprint density at radius 3 is 1.90 bits per heavy atom. The highest BCUT2D eigenvalue weighted by molar-refractivity contribution is 7.12. The van der Waals surface area contributed by atoms with Crippen LogP contribution in [-0.2, 0) is 16.0 Å². The lowest BCUT2D eigenvalue weighted by Gasteiger charge is -2.32. The van der Waals surface area contributed by atoms with Crippen LogP contribution in [0, 0.1) is 18.8 Å². The lowest BCUT2D eigenvalue weighted by Crippen LogP contribution is -2.44. The van der Waals surface area contributed by atoms with Crippen LogP contribution in [0.3, 0.4) is 0 Å². The third-order valence-electron chi connectivity index (χ3n) is 6.46. The van der Waals surface area contributed by atoms with Crippen LogP contribution in [0.25, 0.3) is 0 Å². The van der Waals surface area contributed by atoms with Crippen LogP contribution in [-0.4, -0.2) is 84.0 Å². The van der Waals surface area contributed by atoms with Crippen LogP contribution < -0.4 is 0 Å². The molecule has 0 spiro atoms. The van der Waals surface area contributed by atoms with E-state index in [1.54, 1.807) is 7.41 Å². The van der Waals surface area contributed by atoms with Gasteiger partial charge in [0.15, 0.2) is 21.6 Å². The summed E-state index contributed by atoms with van der Waals surface area (Å²) < 4.78 is 0. The van der Waals surface area contributed by atoms with Crippen molar-refractivity contribution in [1.29, 1.82) is 0 Å². The first-order valence-corrected chi connectivity index (χ1v) is 15.7. The smallest absolute Gasteiger partial charge is 0.293 e. The Hall–Kier alpha value is -2.01. The summed E-state index contributed by atoms with van der Waals surface area (Å²) in [5.41, 5.74) is 1.87. The molecule has 2 rings (SSSR count). The number of hydrogen-bond acceptors (Lipinski definition) is 10. The van der Waals surface area contributed by atoms with Gasteiger partial charge in [0.25, 0.3) is 14.8 Å². The van der Waals surface area contributed by atoms with Gasteiger partial charge in [-0.15, -0.1) is 22.7 Å². The van der Waals surface area contributed by atoms with Crippen LogP contribution in [0.5, 0.6) is 0 Å². The average molecular weight is 586 g/mol. The molecule has 0 fully saturated rings. The predicted molar refractivity (Wildman–Crippen MR) is 168 cm³/mol. The molecule has 12 heteroatoms. The maximum atomic E-state index is 12.3. The van der Waals surface area contributed by atoms with Crippen molar-refractivity contribution in [3.05, 3.63) is 32.2 Å². The minimum Gasteiger partial charge on any atom is -0.339 e. The lowest BCUT2D eigenvalue weighted by atomic mass is 9.85. The lowest BCUT2D eigenvalue weighted by molar-refractivity contribution is 0.0929. The van der Waals surface area contributed by atoms with Crippen molar-refractivity contribution in [3.8, 4) is 0 Å². The molecule has 8 nitrogen and oxygen atoms in total. The van der Waals surface area contributed by atoms with Crippen LogP contribution in [0.1, 0.15) is 98.2 Å². The molecule has 0 aliphatic heterocycles. The highest BCUT2D eigenvalue weighted by Gasteiger charge is 2.26. The topological polar surface area (TPSA) is 101 Å². The predicted octanol–water partition coefficient (Wildman–Crippen LogP) is 5.00. The van der Waals surface area contributed by atoms with E-state index < -0.39 is 0 Å². The zero-order valence-corrected chi connectivity index (χ0v) is 26.9. The first-order chi connectivity index (χ1) is 19.0. The summed E-state index contributed by atoms with van der Waals surface area (Å²) in [5, 5.41) is 5.00. The molecule has 2 atom stereocenters. The molecule has 218 valence electrons. The Bertz CT molecular complexity index is 1060. The van der Waals surface area contributed by atoms with Crippen LogP contribution in [0.15, 0.2) is 10.8 Å². The average Bonchev–Trinajstić information content (AvgIpc) is 3.55. The van der Waals surface area contributed by atoms with E-state index in [0.29, 0.717) is 28.8 Å². The Kier molecular flexibility index (Phi) is 17.3. The quantitative estimate of drug-likeness (QED) is 0.137. The minimum atomic E-state index is 0.0197. The number of Topliss-reactive ketones (excluding diaryl/α,β-unsaturated/α-hetero) is 2. The van der Waals surface area contributed by atoms with Crippen molar-refractivity contribution in [3.63, 3.8) is 0 Å². The fraction of sp³-hybridized carbons (Fsp3) is 0.643. The van der Waals surface area contributed by atoms with Crippen LogP contribution in [0.2, 0.25) is 0 Å². The number of hydrogen-bond donors (Lipinski definition) is 0. The van der Waals surface area contributed by atoms with Crippen molar-refractivity contribution in [2.24, 2.45) is 11.8 Å². The summed E-state index contributed by atoms with van der Waals surface area (Å²) in [6.07, 6.45) is 5.22. The van der Waals surface area contributed by atoms with Gasteiger partial charge in [-0.05, 0) is 45.2 Å². The van der Waals surface area contributed by atoms with E-state index >= 15 is 0 Å². The van der Waals surface area contributed by atoms with Crippen molar-refractivity contribution < 1.29 is 19.2 Å². The zero-order chi connectivity index (χ0) is 30.2. The van der Waals surface area contributed by atoms with Gasteiger partial charge in [-0.1, -0.05) is 48.0 Å². The third kappa shape index (κ3) is 12.2. The molecule has 0 saturated heterocycles. The molecule has 0 aliphatic carbocycles. The zero-order valence-electron chi connectivity index (χ0n) is 25.3. The van der Waals surface area contributed by atoms with Gasteiger partial charge in [-0.25, -0.2) is 9.97 Å². The Morgan fingerprint density at radius 2 is 1.43 bits per heavy atom. The molecular weight excluding hydrogens is 542 g/mol. The first kappa shape index (κ1) is 36.0. The second-order valence-corrected chi connectivity index (χ2v) is 12.3. The van der Waals surface area contributed by atoms with E-state index in [2.05, 4.69) is 51.5 Å². The normalized spacial score (nSPS) is 12.7. The Morgan fingerprint density at radius 1 is 0.875 bits per heavy atom. The molecule has 0 unspecified atom stereocenters. The molecule has 2 aromatic heterocycles. The number of thiazole rings is 2. The summed E-state index contributed by atoms with van der Waals surface area (Å²) in [4.78, 5) is 58.4. The molecular formula is C28H44B2N4O4S2. The minimum absolute atomic E-state index is 0.0197. The van der Waals surface area contributed by atoms with Gasteiger partial charge in [-0.2, -0.15) is 0 Å². The van der Waals surface area contributed by atoms with Gasteiger partial charge >= 0.3 is 0 Å². The van der Waals surface area contributed by atoms with Crippen molar-refractivity contribution >= 4 is 61.4 Å². The largest absolute Gasteiger partial charge is 0.339 e. The molecule has 0 amide bonds. The van der Waals surface area contributed by atoms with E-state index in [1.807, 2.05) is 34.4 Å². The molecule has 0 aliphatic rings. The van der Waals surface area contributed by atoms with Crippen molar-refractivity contribution in [1.82, 2.24) is 19.6 Å². The van der Waals surface area contributed by atoms with Gasteiger partial charge in [-0.3, -0.25) is 9.59 Å². The molecule has 40 heavy (non-hydrogen) atoms. The van der Waals surface area contributed by atoms with Crippen LogP contribution >= 0.6 is 22.7 Å². The summed E-state index contributed by atoms with van der Waals surface area (Å²) in [6, 6.07) is 0.0584. The monoisotopic (exact) mass is 586 g/mol. The molecule has 0 saturated carbocycles. The summed E-state index contributed by atoms with van der Waals surface area (Å²) in [6.45, 7) is 15.1. The number of ketones is 2. The number of nitrogens with zero attached hydrogens (tertiary/aromatic N) is 4. The maximum Gasteiger partial charge on any atom is 0.293 e. The highest BCUT2D eigenvalue weighted by Crippen LogP contribution is 2.20.